The fourth-order valence-corrected chi connectivity index (χ4v) is 1.91. The summed E-state index contributed by atoms with van der Waals surface area (Å²) in [4.78, 5) is 12.0. The lowest BCUT2D eigenvalue weighted by Crippen LogP contribution is -2.09. The Hall–Kier alpha value is -2.20. The second-order valence-electron chi connectivity index (χ2n) is 4.37. The number of phenolic OH excluding ortho intramolecular Hbond substituents is 1. The number of ether oxygens (including phenoxy) is 2. The lowest BCUT2D eigenvalue weighted by Gasteiger charge is -2.08. The van der Waals surface area contributed by atoms with E-state index in [9.17, 15) is 9.90 Å². The van der Waals surface area contributed by atoms with Gasteiger partial charge in [0.2, 0.25) is 0 Å². The molecule has 0 unspecified atom stereocenters. The summed E-state index contributed by atoms with van der Waals surface area (Å²) in [6.07, 6.45) is 0.927. The maximum atomic E-state index is 12.0. The van der Waals surface area contributed by atoms with Gasteiger partial charge in [-0.1, -0.05) is 18.5 Å². The molecule has 0 saturated heterocycles. The molecule has 0 aliphatic carbocycles. The van der Waals surface area contributed by atoms with Gasteiger partial charge >= 0.3 is 5.97 Å². The van der Waals surface area contributed by atoms with Crippen molar-refractivity contribution in [2.45, 2.75) is 13.3 Å². The Labute approximate surface area is 127 Å². The zero-order chi connectivity index (χ0) is 15.2. The SMILES string of the molecule is CCCOc1ccc(OC(=O)c2ccc(O)cc2Cl)cc1. The molecule has 0 amide bonds. The van der Waals surface area contributed by atoms with Crippen LogP contribution in [0.3, 0.4) is 0 Å². The molecule has 0 atom stereocenters. The second kappa shape index (κ2) is 6.99. The van der Waals surface area contributed by atoms with Gasteiger partial charge in [-0.25, -0.2) is 4.79 Å². The molecule has 5 heteroatoms. The first-order chi connectivity index (χ1) is 10.1. The quantitative estimate of drug-likeness (QED) is 0.668. The van der Waals surface area contributed by atoms with Gasteiger partial charge in [-0.3, -0.25) is 0 Å². The Bertz CT molecular complexity index is 623. The number of carbonyl (C=O) groups is 1. The van der Waals surface area contributed by atoms with Crippen molar-refractivity contribution < 1.29 is 19.4 Å². The molecule has 4 nitrogen and oxygen atoms in total. The molecule has 0 spiro atoms. The van der Waals surface area contributed by atoms with Gasteiger partial charge in [0.05, 0.1) is 17.2 Å². The summed E-state index contributed by atoms with van der Waals surface area (Å²) in [7, 11) is 0. The number of aromatic hydroxyl groups is 1. The van der Waals surface area contributed by atoms with Crippen LogP contribution < -0.4 is 9.47 Å². The van der Waals surface area contributed by atoms with Crippen molar-refractivity contribution in [1.82, 2.24) is 0 Å². The molecule has 110 valence electrons. The van der Waals surface area contributed by atoms with Crippen molar-refractivity contribution in [3.8, 4) is 17.2 Å². The largest absolute Gasteiger partial charge is 0.508 e. The van der Waals surface area contributed by atoms with E-state index in [0.717, 1.165) is 12.2 Å². The summed E-state index contributed by atoms with van der Waals surface area (Å²) in [6.45, 7) is 2.67. The Kier molecular flexibility index (Phi) is 5.06. The predicted octanol–water partition coefficient (Wildman–Crippen LogP) is 4.05. The average Bonchev–Trinajstić information content (AvgIpc) is 2.46. The van der Waals surface area contributed by atoms with E-state index in [1.54, 1.807) is 24.3 Å². The van der Waals surface area contributed by atoms with Gasteiger partial charge < -0.3 is 14.6 Å². The topological polar surface area (TPSA) is 55.8 Å². The fraction of sp³-hybridized carbons (Fsp3) is 0.188. The number of phenols is 1. The number of carbonyl (C=O) groups excluding carboxylic acids is 1. The summed E-state index contributed by atoms with van der Waals surface area (Å²) in [6, 6.07) is 10.9. The highest BCUT2D eigenvalue weighted by atomic mass is 35.5. The first kappa shape index (κ1) is 15.2. The summed E-state index contributed by atoms with van der Waals surface area (Å²) in [5.41, 5.74) is 0.195. The minimum Gasteiger partial charge on any atom is -0.508 e. The van der Waals surface area contributed by atoms with Gasteiger partial charge in [-0.05, 0) is 48.9 Å². The number of benzene rings is 2. The van der Waals surface area contributed by atoms with E-state index < -0.39 is 5.97 Å². The molecular formula is C16H15ClO4. The van der Waals surface area contributed by atoms with Crippen molar-refractivity contribution >= 4 is 17.6 Å². The first-order valence-electron chi connectivity index (χ1n) is 6.53. The third kappa shape index (κ3) is 4.13. The highest BCUT2D eigenvalue weighted by molar-refractivity contribution is 6.33. The molecule has 0 aliphatic rings. The summed E-state index contributed by atoms with van der Waals surface area (Å²) < 4.78 is 10.7. The van der Waals surface area contributed by atoms with E-state index in [1.807, 2.05) is 6.92 Å². The minimum absolute atomic E-state index is 0.00558. The van der Waals surface area contributed by atoms with Gasteiger partial charge in [0.15, 0.2) is 0 Å². The van der Waals surface area contributed by atoms with E-state index in [1.165, 1.54) is 18.2 Å². The van der Waals surface area contributed by atoms with Crippen LogP contribution in [0.25, 0.3) is 0 Å². The molecule has 2 aromatic rings. The van der Waals surface area contributed by atoms with Crippen LogP contribution in [0.5, 0.6) is 17.2 Å². The highest BCUT2D eigenvalue weighted by Gasteiger charge is 2.13. The maximum absolute atomic E-state index is 12.0. The number of halogens is 1. The van der Waals surface area contributed by atoms with E-state index in [4.69, 9.17) is 21.1 Å². The molecule has 2 rings (SSSR count). The number of hydrogen-bond acceptors (Lipinski definition) is 4. The third-order valence-corrected chi connectivity index (χ3v) is 2.99. The van der Waals surface area contributed by atoms with E-state index >= 15 is 0 Å². The van der Waals surface area contributed by atoms with Gasteiger partial charge in [0.1, 0.15) is 17.2 Å². The molecule has 21 heavy (non-hydrogen) atoms. The molecular weight excluding hydrogens is 292 g/mol. The number of hydrogen-bond donors (Lipinski definition) is 1. The summed E-state index contributed by atoms with van der Waals surface area (Å²) >= 11 is 5.89. The molecule has 0 aliphatic heterocycles. The molecule has 0 fully saturated rings. The fourth-order valence-electron chi connectivity index (χ4n) is 1.66. The smallest absolute Gasteiger partial charge is 0.345 e. The van der Waals surface area contributed by atoms with Gasteiger partial charge in [0, 0.05) is 0 Å². The maximum Gasteiger partial charge on any atom is 0.345 e. The Morgan fingerprint density at radius 2 is 1.81 bits per heavy atom. The number of esters is 1. The monoisotopic (exact) mass is 306 g/mol. The van der Waals surface area contributed by atoms with Crippen molar-refractivity contribution in [1.29, 1.82) is 0 Å². The van der Waals surface area contributed by atoms with E-state index in [0.29, 0.717) is 12.4 Å². The van der Waals surface area contributed by atoms with Gasteiger partial charge in [-0.15, -0.1) is 0 Å². The standard InChI is InChI=1S/C16H15ClO4/c1-2-9-20-12-4-6-13(7-5-12)21-16(19)14-8-3-11(18)10-15(14)17/h3-8,10,18H,2,9H2,1H3. The molecule has 2 aromatic carbocycles. The summed E-state index contributed by atoms with van der Waals surface area (Å²) in [5, 5.41) is 9.40. The van der Waals surface area contributed by atoms with Gasteiger partial charge in [-0.2, -0.15) is 0 Å². The molecule has 0 heterocycles. The van der Waals surface area contributed by atoms with Crippen molar-refractivity contribution in [2.75, 3.05) is 6.61 Å². The molecule has 0 radical (unpaired) electrons. The van der Waals surface area contributed by atoms with Crippen LogP contribution in [-0.4, -0.2) is 17.7 Å². The Morgan fingerprint density at radius 3 is 2.43 bits per heavy atom. The van der Waals surface area contributed by atoms with Crippen molar-refractivity contribution in [3.63, 3.8) is 0 Å². The van der Waals surface area contributed by atoms with Crippen LogP contribution in [0, 0.1) is 0 Å². The lowest BCUT2D eigenvalue weighted by atomic mass is 10.2. The molecule has 0 saturated carbocycles. The lowest BCUT2D eigenvalue weighted by molar-refractivity contribution is 0.0735. The van der Waals surface area contributed by atoms with Crippen LogP contribution in [0.15, 0.2) is 42.5 Å². The molecule has 0 bridgehead atoms. The Morgan fingerprint density at radius 1 is 1.14 bits per heavy atom. The minimum atomic E-state index is -0.581. The highest BCUT2D eigenvalue weighted by Crippen LogP contribution is 2.24. The van der Waals surface area contributed by atoms with Crippen LogP contribution >= 0.6 is 11.6 Å². The van der Waals surface area contributed by atoms with E-state index in [-0.39, 0.29) is 16.3 Å². The van der Waals surface area contributed by atoms with E-state index in [2.05, 4.69) is 0 Å². The predicted molar refractivity (Wildman–Crippen MR) is 80.3 cm³/mol. The first-order valence-corrected chi connectivity index (χ1v) is 6.91. The zero-order valence-corrected chi connectivity index (χ0v) is 12.3. The van der Waals surface area contributed by atoms with Gasteiger partial charge in [0.25, 0.3) is 0 Å². The Balaban J connectivity index is 2.05. The van der Waals surface area contributed by atoms with Crippen LogP contribution in [0.1, 0.15) is 23.7 Å². The normalized spacial score (nSPS) is 10.2. The molecule has 1 N–H and O–H groups in total. The zero-order valence-electron chi connectivity index (χ0n) is 11.5. The average molecular weight is 307 g/mol. The van der Waals surface area contributed by atoms with Crippen molar-refractivity contribution in [3.05, 3.63) is 53.1 Å². The molecule has 0 aromatic heterocycles. The van der Waals surface area contributed by atoms with Crippen molar-refractivity contribution in [2.24, 2.45) is 0 Å². The number of rotatable bonds is 5. The second-order valence-corrected chi connectivity index (χ2v) is 4.78. The van der Waals surface area contributed by atoms with Crippen LogP contribution in [-0.2, 0) is 0 Å². The van der Waals surface area contributed by atoms with Crippen LogP contribution in [0.2, 0.25) is 5.02 Å². The third-order valence-electron chi connectivity index (χ3n) is 2.68. The van der Waals surface area contributed by atoms with Crippen LogP contribution in [0.4, 0.5) is 0 Å². The summed E-state index contributed by atoms with van der Waals surface area (Å²) in [5.74, 6) is 0.531.